The van der Waals surface area contributed by atoms with Crippen LogP contribution in [-0.4, -0.2) is 21.9 Å². The van der Waals surface area contributed by atoms with Crippen molar-refractivity contribution in [2.75, 3.05) is 10.7 Å². The van der Waals surface area contributed by atoms with Gasteiger partial charge in [-0.3, -0.25) is 9.69 Å². The van der Waals surface area contributed by atoms with E-state index in [1.54, 1.807) is 35.2 Å². The number of hydrogen-bond acceptors (Lipinski definition) is 4. The van der Waals surface area contributed by atoms with Gasteiger partial charge in [-0.2, -0.15) is 0 Å². The van der Waals surface area contributed by atoms with Gasteiger partial charge in [0.2, 0.25) is 5.91 Å². The fourth-order valence-electron chi connectivity index (χ4n) is 2.87. The summed E-state index contributed by atoms with van der Waals surface area (Å²) in [6.07, 6.45) is 0. The van der Waals surface area contributed by atoms with E-state index in [2.05, 4.69) is 0 Å². The third-order valence-corrected chi connectivity index (χ3v) is 5.90. The second-order valence-corrected chi connectivity index (χ2v) is 7.83. The van der Waals surface area contributed by atoms with Crippen molar-refractivity contribution in [3.05, 3.63) is 57.6 Å². The molecule has 24 heavy (non-hydrogen) atoms. The van der Waals surface area contributed by atoms with Crippen molar-refractivity contribution in [1.82, 2.24) is 0 Å². The molecule has 1 fully saturated rings. The Hall–Kier alpha value is -1.40. The molecule has 2 N–H and O–H groups in total. The van der Waals surface area contributed by atoms with Gasteiger partial charge in [0.15, 0.2) is 0 Å². The van der Waals surface area contributed by atoms with Crippen LogP contribution in [0.3, 0.4) is 0 Å². The number of carbonyl (C=O) groups excluding carboxylic acids is 1. The highest BCUT2D eigenvalue weighted by molar-refractivity contribution is 8.01. The zero-order valence-corrected chi connectivity index (χ0v) is 15.1. The number of hydrogen-bond donors (Lipinski definition) is 2. The summed E-state index contributed by atoms with van der Waals surface area (Å²) >= 11 is 13.6. The van der Waals surface area contributed by atoms with E-state index in [4.69, 9.17) is 23.2 Å². The molecule has 1 saturated heterocycles. The van der Waals surface area contributed by atoms with Gasteiger partial charge in [-0.05, 0) is 42.8 Å². The summed E-state index contributed by atoms with van der Waals surface area (Å²) in [7, 11) is 0. The molecule has 0 bridgehead atoms. The topological polar surface area (TPSA) is 60.8 Å². The first-order chi connectivity index (χ1) is 11.4. The highest BCUT2D eigenvalue weighted by Gasteiger charge is 2.46. The molecule has 3 rings (SSSR count). The van der Waals surface area contributed by atoms with Crippen LogP contribution in [-0.2, 0) is 16.3 Å². The maximum absolute atomic E-state index is 12.5. The molecule has 1 aliphatic rings. The molecule has 1 atom stereocenters. The van der Waals surface area contributed by atoms with Crippen LogP contribution in [0.15, 0.2) is 36.4 Å². The number of amides is 1. The van der Waals surface area contributed by atoms with Crippen LogP contribution in [0.4, 0.5) is 5.69 Å². The number of phenols is 1. The molecule has 2 aromatic rings. The number of thioether (sulfide) groups is 1. The lowest BCUT2D eigenvalue weighted by molar-refractivity contribution is -0.116. The lowest BCUT2D eigenvalue weighted by Crippen LogP contribution is -2.40. The number of nitrogens with zero attached hydrogens (tertiary/aromatic N) is 1. The third-order valence-electron chi connectivity index (χ3n) is 4.02. The summed E-state index contributed by atoms with van der Waals surface area (Å²) in [6.45, 7) is 1.63. The SMILES string of the molecule is CC1(c2cc(CO)cc(Cl)c2O)SCC(=O)N1c1cccc(Cl)c1. The molecular weight excluding hydrogens is 369 g/mol. The molecule has 0 aromatic heterocycles. The lowest BCUT2D eigenvalue weighted by Gasteiger charge is -2.35. The van der Waals surface area contributed by atoms with Gasteiger partial charge >= 0.3 is 0 Å². The van der Waals surface area contributed by atoms with Crippen molar-refractivity contribution < 1.29 is 15.0 Å². The van der Waals surface area contributed by atoms with Crippen molar-refractivity contribution >= 4 is 46.6 Å². The number of rotatable bonds is 3. The van der Waals surface area contributed by atoms with Crippen LogP contribution in [0.2, 0.25) is 10.0 Å². The smallest absolute Gasteiger partial charge is 0.238 e. The fourth-order valence-corrected chi connectivity index (χ4v) is 4.48. The number of aliphatic hydroxyl groups excluding tert-OH is 1. The van der Waals surface area contributed by atoms with E-state index in [9.17, 15) is 15.0 Å². The summed E-state index contributed by atoms with van der Waals surface area (Å²) < 4.78 is 0. The average Bonchev–Trinajstić information content (AvgIpc) is 2.85. The van der Waals surface area contributed by atoms with Crippen LogP contribution < -0.4 is 4.90 Å². The van der Waals surface area contributed by atoms with Gasteiger partial charge in [0.1, 0.15) is 10.6 Å². The van der Waals surface area contributed by atoms with Crippen LogP contribution in [0, 0.1) is 0 Å². The number of halogens is 2. The molecule has 1 amide bonds. The summed E-state index contributed by atoms with van der Waals surface area (Å²) in [6, 6.07) is 10.2. The number of anilines is 1. The number of aromatic hydroxyl groups is 1. The fraction of sp³-hybridized carbons (Fsp3) is 0.235. The van der Waals surface area contributed by atoms with Crippen molar-refractivity contribution in [3.8, 4) is 5.75 Å². The van der Waals surface area contributed by atoms with E-state index < -0.39 is 4.87 Å². The molecule has 0 saturated carbocycles. The Labute approximate surface area is 154 Å². The van der Waals surface area contributed by atoms with E-state index >= 15 is 0 Å². The van der Waals surface area contributed by atoms with E-state index in [1.165, 1.54) is 17.8 Å². The van der Waals surface area contributed by atoms with Crippen LogP contribution in [0.1, 0.15) is 18.1 Å². The number of aliphatic hydroxyl groups is 1. The molecule has 2 aromatic carbocycles. The second-order valence-electron chi connectivity index (χ2n) is 5.61. The van der Waals surface area contributed by atoms with Gasteiger partial charge in [-0.25, -0.2) is 0 Å². The maximum Gasteiger partial charge on any atom is 0.238 e. The zero-order chi connectivity index (χ0) is 17.5. The quantitative estimate of drug-likeness (QED) is 0.835. The van der Waals surface area contributed by atoms with Crippen LogP contribution >= 0.6 is 35.0 Å². The van der Waals surface area contributed by atoms with Gasteiger partial charge in [0, 0.05) is 16.3 Å². The van der Waals surface area contributed by atoms with Crippen LogP contribution in [0.25, 0.3) is 0 Å². The number of benzene rings is 2. The standard InChI is InChI=1S/C17H15Cl2NO3S/c1-17(13-5-10(8-21)6-14(19)16(13)23)20(15(22)9-24-17)12-4-2-3-11(18)7-12/h2-7,21,23H,8-9H2,1H3. The van der Waals surface area contributed by atoms with Gasteiger partial charge in [-0.15, -0.1) is 11.8 Å². The third kappa shape index (κ3) is 2.86. The monoisotopic (exact) mass is 383 g/mol. The van der Waals surface area contributed by atoms with Crippen molar-refractivity contribution in [1.29, 1.82) is 0 Å². The highest BCUT2D eigenvalue weighted by atomic mass is 35.5. The molecule has 4 nitrogen and oxygen atoms in total. The summed E-state index contributed by atoms with van der Waals surface area (Å²) in [5.41, 5.74) is 1.69. The Morgan fingerprint density at radius 2 is 2.04 bits per heavy atom. The molecular formula is C17H15Cl2NO3S. The predicted octanol–water partition coefficient (Wildman–Crippen LogP) is 4.14. The van der Waals surface area contributed by atoms with Crippen molar-refractivity contribution in [3.63, 3.8) is 0 Å². The molecule has 1 heterocycles. The molecule has 1 aliphatic heterocycles. The van der Waals surface area contributed by atoms with Crippen molar-refractivity contribution in [2.45, 2.75) is 18.4 Å². The van der Waals surface area contributed by atoms with E-state index in [1.807, 2.05) is 6.92 Å². The minimum atomic E-state index is -0.860. The first-order valence-electron chi connectivity index (χ1n) is 7.22. The minimum Gasteiger partial charge on any atom is -0.506 e. The predicted molar refractivity (Wildman–Crippen MR) is 97.8 cm³/mol. The first-order valence-corrected chi connectivity index (χ1v) is 8.96. The summed E-state index contributed by atoms with van der Waals surface area (Å²) in [5, 5.41) is 20.5. The van der Waals surface area contributed by atoms with E-state index in [-0.39, 0.29) is 29.0 Å². The van der Waals surface area contributed by atoms with Gasteiger partial charge in [0.05, 0.1) is 17.4 Å². The zero-order valence-electron chi connectivity index (χ0n) is 12.8. The van der Waals surface area contributed by atoms with Crippen molar-refractivity contribution in [2.24, 2.45) is 0 Å². The first kappa shape index (κ1) is 17.4. The Bertz CT molecular complexity index is 814. The molecule has 126 valence electrons. The lowest BCUT2D eigenvalue weighted by atomic mass is 10.0. The summed E-state index contributed by atoms with van der Waals surface area (Å²) in [4.78, 5) is 13.3. The maximum atomic E-state index is 12.5. The Morgan fingerprint density at radius 1 is 1.29 bits per heavy atom. The van der Waals surface area contributed by atoms with Crippen LogP contribution in [0.5, 0.6) is 5.75 Å². The highest BCUT2D eigenvalue weighted by Crippen LogP contribution is 2.51. The Balaban J connectivity index is 2.18. The molecule has 0 spiro atoms. The van der Waals surface area contributed by atoms with E-state index in [0.717, 1.165) is 0 Å². The van der Waals surface area contributed by atoms with Gasteiger partial charge in [-0.1, -0.05) is 29.3 Å². The Morgan fingerprint density at radius 3 is 2.71 bits per heavy atom. The normalized spacial score (nSPS) is 20.7. The van der Waals surface area contributed by atoms with Gasteiger partial charge in [0.25, 0.3) is 0 Å². The molecule has 0 aliphatic carbocycles. The van der Waals surface area contributed by atoms with E-state index in [0.29, 0.717) is 21.8 Å². The summed E-state index contributed by atoms with van der Waals surface area (Å²) in [5.74, 6) is 0.0870. The molecule has 0 radical (unpaired) electrons. The number of phenolic OH excluding ortho intramolecular Hbond substituents is 1. The second kappa shape index (κ2) is 6.48. The minimum absolute atomic E-state index is 0.0882. The largest absolute Gasteiger partial charge is 0.506 e. The average molecular weight is 384 g/mol. The Kier molecular flexibility index (Phi) is 4.71. The number of carbonyl (C=O) groups is 1. The molecule has 7 heteroatoms. The van der Waals surface area contributed by atoms with Gasteiger partial charge < -0.3 is 10.2 Å². The molecule has 1 unspecified atom stereocenters.